The van der Waals surface area contributed by atoms with Gasteiger partial charge < -0.3 is 15.0 Å². The number of para-hydroxylation sites is 1. The number of carbonyl (C=O) groups is 1. The van der Waals surface area contributed by atoms with E-state index in [0.717, 1.165) is 48.1 Å². The number of benzene rings is 2. The van der Waals surface area contributed by atoms with Crippen LogP contribution in [0.5, 0.6) is 5.75 Å². The summed E-state index contributed by atoms with van der Waals surface area (Å²) in [6, 6.07) is 17.1. The van der Waals surface area contributed by atoms with E-state index in [1.54, 1.807) is 7.11 Å². The van der Waals surface area contributed by atoms with E-state index in [2.05, 4.69) is 29.2 Å². The molecule has 1 N–H and O–H groups in total. The van der Waals surface area contributed by atoms with E-state index in [-0.39, 0.29) is 11.9 Å². The summed E-state index contributed by atoms with van der Waals surface area (Å²) in [7, 11) is 6.07. The zero-order valence-corrected chi connectivity index (χ0v) is 19.0. The van der Waals surface area contributed by atoms with E-state index in [0.29, 0.717) is 24.3 Å². The Bertz CT molecular complexity index is 1090. The summed E-state index contributed by atoms with van der Waals surface area (Å²) < 4.78 is 7.18. The van der Waals surface area contributed by atoms with Crippen LogP contribution in [0.1, 0.15) is 28.9 Å². The fraction of sp³-hybridized carbons (Fsp3) is 0.440. The van der Waals surface area contributed by atoms with Crippen molar-refractivity contribution in [1.82, 2.24) is 24.9 Å². The van der Waals surface area contributed by atoms with Crippen molar-refractivity contribution < 1.29 is 9.53 Å². The molecule has 0 saturated carbocycles. The quantitative estimate of drug-likeness (QED) is 0.670. The molecule has 2 atom stereocenters. The van der Waals surface area contributed by atoms with Crippen LogP contribution >= 0.6 is 0 Å². The van der Waals surface area contributed by atoms with E-state index in [4.69, 9.17) is 9.84 Å². The lowest BCUT2D eigenvalue weighted by Crippen LogP contribution is -2.63. The van der Waals surface area contributed by atoms with Gasteiger partial charge in [-0.05, 0) is 50.7 Å². The summed E-state index contributed by atoms with van der Waals surface area (Å²) in [5, 5.41) is 8.95. The number of amides is 1. The monoisotopic (exact) mass is 433 g/mol. The fourth-order valence-corrected chi connectivity index (χ4v) is 5.28. The topological polar surface area (TPSA) is 62.6 Å². The fourth-order valence-electron chi connectivity index (χ4n) is 5.28. The van der Waals surface area contributed by atoms with Crippen molar-refractivity contribution in [3.63, 3.8) is 0 Å². The van der Waals surface area contributed by atoms with Crippen LogP contribution in [-0.2, 0) is 6.54 Å². The molecule has 1 amide bonds. The molecule has 2 bridgehead atoms. The number of hydrogen-bond donors (Lipinski definition) is 1. The maximum atomic E-state index is 13.3. The van der Waals surface area contributed by atoms with Gasteiger partial charge in [-0.1, -0.05) is 30.3 Å². The highest BCUT2D eigenvalue weighted by atomic mass is 16.5. The number of nitrogens with one attached hydrogen (secondary N) is 1. The third-order valence-electron chi connectivity index (χ3n) is 7.01. The van der Waals surface area contributed by atoms with Crippen LogP contribution in [-0.4, -0.2) is 77.9 Å². The van der Waals surface area contributed by atoms with Gasteiger partial charge in [-0.2, -0.15) is 5.10 Å². The number of ether oxygens (including phenoxy) is 1. The minimum absolute atomic E-state index is 0.0735. The third kappa shape index (κ3) is 3.98. The predicted molar refractivity (Wildman–Crippen MR) is 125 cm³/mol. The van der Waals surface area contributed by atoms with Gasteiger partial charge in [0.15, 0.2) is 5.69 Å². The molecule has 3 heterocycles. The van der Waals surface area contributed by atoms with E-state index in [9.17, 15) is 4.79 Å². The largest absolute Gasteiger partial charge is 0.497 e. The molecule has 32 heavy (non-hydrogen) atoms. The number of likely N-dealkylation sites (tertiary alicyclic amines) is 1. The third-order valence-corrected chi connectivity index (χ3v) is 7.01. The number of hydrogen-bond acceptors (Lipinski definition) is 5. The van der Waals surface area contributed by atoms with Crippen LogP contribution in [0.2, 0.25) is 0 Å². The maximum absolute atomic E-state index is 13.3. The van der Waals surface area contributed by atoms with Crippen molar-refractivity contribution in [3.8, 4) is 5.75 Å². The zero-order chi connectivity index (χ0) is 22.2. The lowest BCUT2D eigenvalue weighted by atomic mass is 9.88. The summed E-state index contributed by atoms with van der Waals surface area (Å²) in [6.45, 7) is 2.71. The number of methoxy groups -OCH3 is 1. The van der Waals surface area contributed by atoms with Crippen LogP contribution in [0.4, 0.5) is 0 Å². The summed E-state index contributed by atoms with van der Waals surface area (Å²) in [5.74, 6) is 0.754. The molecule has 0 radical (unpaired) electrons. The Morgan fingerprint density at radius 2 is 1.75 bits per heavy atom. The first-order valence-electron chi connectivity index (χ1n) is 11.3. The van der Waals surface area contributed by atoms with E-state index < -0.39 is 0 Å². The number of piperidine rings is 1. The van der Waals surface area contributed by atoms with Crippen LogP contribution in [0.15, 0.2) is 48.5 Å². The highest BCUT2D eigenvalue weighted by Crippen LogP contribution is 2.28. The molecule has 2 aliphatic rings. The molecule has 7 nitrogen and oxygen atoms in total. The average molecular weight is 434 g/mol. The number of rotatable bonds is 5. The molecule has 2 fully saturated rings. The van der Waals surface area contributed by atoms with Crippen molar-refractivity contribution >= 4 is 16.8 Å². The molecule has 2 saturated heterocycles. The highest BCUT2D eigenvalue weighted by Gasteiger charge is 2.38. The normalized spacial score (nSPS) is 23.9. The number of aromatic nitrogens is 2. The van der Waals surface area contributed by atoms with Gasteiger partial charge in [0, 0.05) is 36.6 Å². The first-order valence-corrected chi connectivity index (χ1v) is 11.3. The molecule has 2 aromatic carbocycles. The second-order valence-corrected chi connectivity index (χ2v) is 9.21. The number of fused-ring (bicyclic) bond motifs is 3. The number of piperazine rings is 1. The molecule has 168 valence electrons. The molecular formula is C25H31N5O2. The van der Waals surface area contributed by atoms with Crippen molar-refractivity contribution in [2.45, 2.75) is 37.5 Å². The standard InChI is InChI=1S/C25H31N5O2/c1-28-15-19-12-18(13-20(16-28)29(19)2)26-25(31)24-22-6-4-5-7-23(22)30(27-24)14-17-8-10-21(32-3)11-9-17/h4-11,18-20H,12-16H2,1-3H3,(H,26,31). The van der Waals surface area contributed by atoms with E-state index >= 15 is 0 Å². The van der Waals surface area contributed by atoms with Crippen molar-refractivity contribution in [3.05, 3.63) is 59.8 Å². The zero-order valence-electron chi connectivity index (χ0n) is 19.0. The van der Waals surface area contributed by atoms with Crippen molar-refractivity contribution in [2.24, 2.45) is 0 Å². The Hall–Kier alpha value is -2.90. The Labute approximate surface area is 188 Å². The first-order chi connectivity index (χ1) is 15.5. The molecule has 0 spiro atoms. The highest BCUT2D eigenvalue weighted by molar-refractivity contribution is 6.05. The molecular weight excluding hydrogens is 402 g/mol. The van der Waals surface area contributed by atoms with Crippen LogP contribution < -0.4 is 10.1 Å². The molecule has 1 aromatic heterocycles. The van der Waals surface area contributed by atoms with Gasteiger partial charge in [-0.25, -0.2) is 0 Å². The molecule has 3 aromatic rings. The lowest BCUT2D eigenvalue weighted by molar-refractivity contribution is 0.00837. The van der Waals surface area contributed by atoms with Gasteiger partial charge in [0.25, 0.3) is 5.91 Å². The Balaban J connectivity index is 1.36. The molecule has 7 heteroatoms. The molecule has 0 aliphatic carbocycles. The van der Waals surface area contributed by atoms with Crippen molar-refractivity contribution in [1.29, 1.82) is 0 Å². The van der Waals surface area contributed by atoms with Crippen LogP contribution in [0, 0.1) is 0 Å². The second kappa shape index (κ2) is 8.56. The summed E-state index contributed by atoms with van der Waals surface area (Å²) in [5.41, 5.74) is 2.59. The molecule has 2 unspecified atom stereocenters. The van der Waals surface area contributed by atoms with E-state index in [1.165, 1.54) is 0 Å². The van der Waals surface area contributed by atoms with Gasteiger partial charge in [0.05, 0.1) is 19.2 Å². The lowest BCUT2D eigenvalue weighted by Gasteiger charge is -2.50. The Morgan fingerprint density at radius 1 is 1.06 bits per heavy atom. The summed E-state index contributed by atoms with van der Waals surface area (Å²) >= 11 is 0. The van der Waals surface area contributed by atoms with Gasteiger partial charge in [0.2, 0.25) is 0 Å². The average Bonchev–Trinajstić information content (AvgIpc) is 3.14. The Morgan fingerprint density at radius 3 is 2.44 bits per heavy atom. The second-order valence-electron chi connectivity index (χ2n) is 9.21. The Kier molecular flexibility index (Phi) is 5.61. The van der Waals surface area contributed by atoms with Gasteiger partial charge in [0.1, 0.15) is 5.75 Å². The molecule has 5 rings (SSSR count). The maximum Gasteiger partial charge on any atom is 0.272 e. The number of nitrogens with zero attached hydrogens (tertiary/aromatic N) is 4. The van der Waals surface area contributed by atoms with Crippen molar-refractivity contribution in [2.75, 3.05) is 34.3 Å². The minimum atomic E-state index is -0.0735. The van der Waals surface area contributed by atoms with Crippen LogP contribution in [0.3, 0.4) is 0 Å². The summed E-state index contributed by atoms with van der Waals surface area (Å²) in [6.07, 6.45) is 1.96. The van der Waals surface area contributed by atoms with E-state index in [1.807, 2.05) is 53.2 Å². The first kappa shape index (κ1) is 21.0. The van der Waals surface area contributed by atoms with Crippen LogP contribution in [0.25, 0.3) is 10.9 Å². The van der Waals surface area contributed by atoms with Gasteiger partial charge >= 0.3 is 0 Å². The smallest absolute Gasteiger partial charge is 0.272 e. The van der Waals surface area contributed by atoms with Gasteiger partial charge in [-0.3, -0.25) is 14.4 Å². The summed E-state index contributed by atoms with van der Waals surface area (Å²) in [4.78, 5) is 18.2. The number of carbonyl (C=O) groups excluding carboxylic acids is 1. The molecule has 2 aliphatic heterocycles. The van der Waals surface area contributed by atoms with Gasteiger partial charge in [-0.15, -0.1) is 0 Å². The number of likely N-dealkylation sites (N-methyl/N-ethyl adjacent to an activating group) is 2. The minimum Gasteiger partial charge on any atom is -0.497 e. The predicted octanol–water partition coefficient (Wildman–Crippen LogP) is 2.60. The SMILES string of the molecule is COc1ccc(Cn2nc(C(=O)NC3CC4CN(C)CC(C3)N4C)c3ccccc32)cc1.